The van der Waals surface area contributed by atoms with Gasteiger partial charge in [-0.3, -0.25) is 0 Å². The predicted octanol–water partition coefficient (Wildman–Crippen LogP) is 18.4. The first-order chi connectivity index (χ1) is 35.6. The third-order valence-corrected chi connectivity index (χ3v) is 18.1. The Morgan fingerprint density at radius 1 is 0.453 bits per heavy atom. The van der Waals surface area contributed by atoms with E-state index in [1.165, 1.54) is 98.9 Å². The lowest BCUT2D eigenvalue weighted by atomic mass is 9.33. The normalized spacial score (nSPS) is 15.6. The van der Waals surface area contributed by atoms with Gasteiger partial charge in [-0.1, -0.05) is 193 Å². The molecule has 0 atom stereocenters. The Balaban J connectivity index is 1.28. The second kappa shape index (κ2) is 17.4. The highest BCUT2D eigenvalue weighted by Crippen LogP contribution is 2.55. The smallest absolute Gasteiger partial charge is 0.254 e. The fourth-order valence-electron chi connectivity index (χ4n) is 12.4. The van der Waals surface area contributed by atoms with E-state index in [0.717, 1.165) is 29.9 Å². The Morgan fingerprint density at radius 3 is 1.53 bits per heavy atom. The van der Waals surface area contributed by atoms with E-state index in [0.29, 0.717) is 0 Å². The predicted molar refractivity (Wildman–Crippen MR) is 327 cm³/mol. The SMILES string of the molecule is CC(C)(C)c1ccc(N2c3cc(N(c4ccccc4)c4ccccc4)cc4c3B(c3cc5c(cc3N4c3ccc(C(C)(C)C)cc3-c3ccccc3)C(C)(C)CCC5(C)C)c3c2sc2ccc(C(C)(C)C)cc32)cc1. The fraction of sp³-hybridized carbons (Fsp3) is 0.286. The van der Waals surface area contributed by atoms with E-state index in [9.17, 15) is 0 Å². The van der Waals surface area contributed by atoms with Crippen molar-refractivity contribution in [1.29, 1.82) is 0 Å². The van der Waals surface area contributed by atoms with Crippen molar-refractivity contribution in [1.82, 2.24) is 0 Å². The molecule has 3 heterocycles. The first-order valence-corrected chi connectivity index (χ1v) is 28.1. The van der Waals surface area contributed by atoms with Crippen LogP contribution in [0.2, 0.25) is 0 Å². The number of benzene rings is 8. The second-order valence-corrected chi connectivity index (χ2v) is 27.2. The summed E-state index contributed by atoms with van der Waals surface area (Å²) in [5, 5.41) is 2.65. The number of nitrogens with zero attached hydrogens (tertiary/aromatic N) is 3. The van der Waals surface area contributed by atoms with Crippen molar-refractivity contribution < 1.29 is 0 Å². The van der Waals surface area contributed by atoms with E-state index < -0.39 is 0 Å². The number of thiophene rings is 1. The van der Waals surface area contributed by atoms with Crippen LogP contribution in [0.1, 0.15) is 131 Å². The van der Waals surface area contributed by atoms with Crippen LogP contribution in [0.15, 0.2) is 176 Å². The molecule has 12 rings (SSSR count). The topological polar surface area (TPSA) is 9.72 Å². The van der Waals surface area contributed by atoms with Gasteiger partial charge in [-0.05, 0) is 168 Å². The Hall–Kier alpha value is -6.82. The monoisotopic (exact) mass is 998 g/mol. The number of fused-ring (bicyclic) bond motifs is 7. The molecule has 0 amide bonds. The second-order valence-electron chi connectivity index (χ2n) is 26.2. The third-order valence-electron chi connectivity index (χ3n) is 17.0. The molecule has 0 bridgehead atoms. The molecule has 0 fully saturated rings. The summed E-state index contributed by atoms with van der Waals surface area (Å²) in [5.41, 5.74) is 22.8. The van der Waals surface area contributed by atoms with E-state index >= 15 is 0 Å². The van der Waals surface area contributed by atoms with Gasteiger partial charge in [0.2, 0.25) is 0 Å². The van der Waals surface area contributed by atoms with Gasteiger partial charge in [0.05, 0.1) is 16.4 Å². The van der Waals surface area contributed by atoms with Crippen LogP contribution in [0.3, 0.4) is 0 Å². The average Bonchev–Trinajstić information content (AvgIpc) is 3.77. The van der Waals surface area contributed by atoms with Crippen LogP contribution in [0.5, 0.6) is 0 Å². The molecule has 0 N–H and O–H groups in total. The zero-order chi connectivity index (χ0) is 52.6. The van der Waals surface area contributed by atoms with E-state index in [1.54, 1.807) is 0 Å². The molecule has 2 aliphatic heterocycles. The molecular weight excluding hydrogens is 926 g/mol. The first kappa shape index (κ1) is 49.1. The van der Waals surface area contributed by atoms with E-state index in [2.05, 4.69) is 281 Å². The van der Waals surface area contributed by atoms with Crippen molar-refractivity contribution in [2.45, 2.75) is 130 Å². The largest absolute Gasteiger partial charge is 0.311 e. The fourth-order valence-corrected chi connectivity index (χ4v) is 13.7. The van der Waals surface area contributed by atoms with E-state index in [1.807, 2.05) is 11.3 Å². The molecule has 75 heavy (non-hydrogen) atoms. The molecule has 376 valence electrons. The Bertz CT molecular complexity index is 3620. The standard InChI is InChI=1S/C70H72BN3S/c1-66(2,3)46-29-33-51(34-30-46)73-60-41-52(72(49-25-19-15-20-26-49)50-27-21-16-22-28-50)42-61-64(60)71(63-54-40-48(68(7,8)9)32-36-62(54)75-65(63)73)57-43-55-56(70(12,13)38-37-69(55,10)11)44-59(57)74(61)58-35-31-47(67(4,5)6)39-53(58)45-23-17-14-18-24-45/h14-36,39-44H,37-38H2,1-13H3. The summed E-state index contributed by atoms with van der Waals surface area (Å²) in [4.78, 5) is 7.82. The van der Waals surface area contributed by atoms with Crippen molar-refractivity contribution in [3.63, 3.8) is 0 Å². The summed E-state index contributed by atoms with van der Waals surface area (Å²) in [6, 6.07) is 67.7. The van der Waals surface area contributed by atoms with Crippen LogP contribution < -0.4 is 31.1 Å². The lowest BCUT2D eigenvalue weighted by Crippen LogP contribution is -2.61. The Morgan fingerprint density at radius 2 is 0.960 bits per heavy atom. The zero-order valence-electron chi connectivity index (χ0n) is 46.5. The molecule has 0 saturated carbocycles. The van der Waals surface area contributed by atoms with E-state index in [4.69, 9.17) is 0 Å². The van der Waals surface area contributed by atoms with Gasteiger partial charge in [-0.15, -0.1) is 11.3 Å². The number of hydrogen-bond acceptors (Lipinski definition) is 4. The summed E-state index contributed by atoms with van der Waals surface area (Å²) in [5.74, 6) is 0. The van der Waals surface area contributed by atoms with Crippen LogP contribution in [-0.4, -0.2) is 6.71 Å². The van der Waals surface area contributed by atoms with Gasteiger partial charge in [0.15, 0.2) is 0 Å². The highest BCUT2D eigenvalue weighted by molar-refractivity contribution is 7.26. The Kier molecular flexibility index (Phi) is 11.4. The van der Waals surface area contributed by atoms with Crippen molar-refractivity contribution in [3.8, 4) is 11.1 Å². The molecule has 0 unspecified atom stereocenters. The van der Waals surface area contributed by atoms with Crippen LogP contribution in [-0.2, 0) is 27.1 Å². The average molecular weight is 998 g/mol. The number of rotatable bonds is 6. The molecule has 0 saturated heterocycles. The summed E-state index contributed by atoms with van der Waals surface area (Å²) in [7, 11) is 0. The molecule has 9 aromatic rings. The number of anilines is 9. The van der Waals surface area contributed by atoms with Crippen LogP contribution in [0, 0.1) is 0 Å². The molecule has 8 aromatic carbocycles. The van der Waals surface area contributed by atoms with Crippen molar-refractivity contribution >= 4 is 95.0 Å². The molecule has 5 heteroatoms. The highest BCUT2D eigenvalue weighted by atomic mass is 32.1. The molecular formula is C70H72BN3S. The van der Waals surface area contributed by atoms with Gasteiger partial charge in [0.25, 0.3) is 6.71 Å². The van der Waals surface area contributed by atoms with Crippen LogP contribution in [0.4, 0.5) is 50.5 Å². The van der Waals surface area contributed by atoms with Gasteiger partial charge in [0.1, 0.15) is 0 Å². The van der Waals surface area contributed by atoms with Gasteiger partial charge in [-0.25, -0.2) is 0 Å². The summed E-state index contributed by atoms with van der Waals surface area (Å²) in [6.07, 6.45) is 2.28. The maximum absolute atomic E-state index is 2.70. The molecule has 0 radical (unpaired) electrons. The number of hydrogen-bond donors (Lipinski definition) is 0. The van der Waals surface area contributed by atoms with Gasteiger partial charge in [0, 0.05) is 44.4 Å². The third kappa shape index (κ3) is 8.24. The van der Waals surface area contributed by atoms with Crippen LogP contribution in [0.25, 0.3) is 21.2 Å². The maximum Gasteiger partial charge on any atom is 0.254 e. The molecule has 1 aromatic heterocycles. The molecule has 3 aliphatic rings. The van der Waals surface area contributed by atoms with Gasteiger partial charge >= 0.3 is 0 Å². The highest BCUT2D eigenvalue weighted by Gasteiger charge is 2.49. The van der Waals surface area contributed by atoms with Crippen molar-refractivity contribution in [2.24, 2.45) is 0 Å². The minimum absolute atomic E-state index is 0.00154. The Labute approximate surface area is 452 Å². The maximum atomic E-state index is 2.70. The first-order valence-electron chi connectivity index (χ1n) is 27.3. The van der Waals surface area contributed by atoms with Crippen molar-refractivity contribution in [3.05, 3.63) is 204 Å². The van der Waals surface area contributed by atoms with Crippen molar-refractivity contribution in [2.75, 3.05) is 14.7 Å². The molecule has 0 spiro atoms. The molecule has 1 aliphatic carbocycles. The summed E-state index contributed by atoms with van der Waals surface area (Å²) >= 11 is 1.95. The summed E-state index contributed by atoms with van der Waals surface area (Å²) < 4.78 is 1.32. The summed E-state index contributed by atoms with van der Waals surface area (Å²) in [6.45, 7) is 30.9. The number of para-hydroxylation sites is 2. The molecule has 3 nitrogen and oxygen atoms in total. The van der Waals surface area contributed by atoms with Crippen LogP contribution >= 0.6 is 11.3 Å². The quantitative estimate of drug-likeness (QED) is 0.154. The zero-order valence-corrected chi connectivity index (χ0v) is 47.3. The van der Waals surface area contributed by atoms with Gasteiger partial charge in [-0.2, -0.15) is 0 Å². The van der Waals surface area contributed by atoms with Gasteiger partial charge < -0.3 is 14.7 Å². The minimum Gasteiger partial charge on any atom is -0.311 e. The minimum atomic E-state index is -0.0576. The lowest BCUT2D eigenvalue weighted by Gasteiger charge is -2.47. The van der Waals surface area contributed by atoms with E-state index in [-0.39, 0.29) is 33.8 Å². The lowest BCUT2D eigenvalue weighted by molar-refractivity contribution is 0.332.